The van der Waals surface area contributed by atoms with E-state index in [1.54, 1.807) is 0 Å². The summed E-state index contributed by atoms with van der Waals surface area (Å²) in [4.78, 5) is 0. The van der Waals surface area contributed by atoms with Crippen molar-refractivity contribution in [1.82, 2.24) is 13.4 Å². The van der Waals surface area contributed by atoms with E-state index in [1.807, 2.05) is 22.7 Å². The first-order valence-electron chi connectivity index (χ1n) is 15.9. The third-order valence-electron chi connectivity index (χ3n) is 9.65. The molecule has 5 heteroatoms. The Hall–Kier alpha value is -5.62. The third-order valence-corrected chi connectivity index (χ3v) is 11.9. The lowest BCUT2D eigenvalue weighted by Gasteiger charge is -2.19. The maximum Gasteiger partial charge on any atom is 0.0725 e. The predicted octanol–water partition coefficient (Wildman–Crippen LogP) is 12.3. The molecule has 0 aliphatic carbocycles. The third kappa shape index (κ3) is 3.45. The summed E-state index contributed by atoms with van der Waals surface area (Å²) >= 11 is 3.74. The number of fused-ring (bicyclic) bond motifs is 11. The van der Waals surface area contributed by atoms with Gasteiger partial charge in [0.05, 0.1) is 62.9 Å². The Morgan fingerprint density at radius 2 is 0.809 bits per heavy atom. The Morgan fingerprint density at radius 1 is 0.319 bits per heavy atom. The van der Waals surface area contributed by atoms with Crippen molar-refractivity contribution in [3.05, 3.63) is 152 Å². The van der Waals surface area contributed by atoms with Gasteiger partial charge in [-0.1, -0.05) is 84.9 Å². The standard InChI is InChI=1S/C42H25N3S2/c1-2-12-26(13-3-1)43-31-17-5-4-14-27(31)30-24-35-36(25-34(30)43)45-33-19-7-9-21-38(33)47-40-23-11-16-29(42(40)45)28-15-10-22-39-41(28)44(35)32-18-6-8-20-37(32)46-39/h1-25H. The number of hydrogen-bond acceptors (Lipinski definition) is 2. The largest absolute Gasteiger partial charge is 0.309 e. The van der Waals surface area contributed by atoms with Crippen molar-refractivity contribution >= 4 is 107 Å². The van der Waals surface area contributed by atoms with Crippen LogP contribution in [0.5, 0.6) is 0 Å². The zero-order valence-electron chi connectivity index (χ0n) is 25.1. The van der Waals surface area contributed by atoms with E-state index in [2.05, 4.69) is 165 Å². The molecular formula is C42H25N3S2. The monoisotopic (exact) mass is 635 g/mol. The number of rotatable bonds is 1. The molecule has 0 aliphatic rings. The molecule has 4 aromatic heterocycles. The minimum Gasteiger partial charge on any atom is -0.309 e. The second-order valence-electron chi connectivity index (χ2n) is 12.2. The van der Waals surface area contributed by atoms with Crippen LogP contribution in [0, 0.1) is 0 Å². The molecule has 220 valence electrons. The number of hydrogen-bond donors (Lipinski definition) is 0. The summed E-state index contributed by atoms with van der Waals surface area (Å²) < 4.78 is 12.6. The molecule has 3 nitrogen and oxygen atoms in total. The van der Waals surface area contributed by atoms with E-state index in [4.69, 9.17) is 0 Å². The van der Waals surface area contributed by atoms with E-state index in [0.29, 0.717) is 0 Å². The van der Waals surface area contributed by atoms with Crippen LogP contribution in [0.2, 0.25) is 0 Å². The van der Waals surface area contributed by atoms with Crippen LogP contribution in [0.4, 0.5) is 0 Å². The molecule has 0 N–H and O–H groups in total. The van der Waals surface area contributed by atoms with E-state index in [-0.39, 0.29) is 0 Å². The van der Waals surface area contributed by atoms with Gasteiger partial charge in [-0.25, -0.2) is 0 Å². The Kier molecular flexibility index (Phi) is 5.14. The number of nitrogens with zero attached hydrogens (tertiary/aromatic N) is 3. The van der Waals surface area contributed by atoms with Crippen molar-refractivity contribution in [2.24, 2.45) is 0 Å². The van der Waals surface area contributed by atoms with Gasteiger partial charge in [0.2, 0.25) is 0 Å². The topological polar surface area (TPSA) is 13.8 Å². The second kappa shape index (κ2) is 9.46. The minimum atomic E-state index is 1.16. The first-order chi connectivity index (χ1) is 23.3. The van der Waals surface area contributed by atoms with Crippen molar-refractivity contribution < 1.29 is 0 Å². The quantitative estimate of drug-likeness (QED) is 0.159. The fourth-order valence-electron chi connectivity index (χ4n) is 7.75. The van der Waals surface area contributed by atoms with Crippen molar-refractivity contribution in [1.29, 1.82) is 0 Å². The minimum absolute atomic E-state index is 1.16. The molecule has 4 heterocycles. The van der Waals surface area contributed by atoms with E-state index >= 15 is 0 Å². The van der Waals surface area contributed by atoms with Gasteiger partial charge in [0.1, 0.15) is 0 Å². The second-order valence-corrected chi connectivity index (χ2v) is 14.3. The number of aromatic nitrogens is 3. The highest BCUT2D eigenvalue weighted by Crippen LogP contribution is 2.42. The fourth-order valence-corrected chi connectivity index (χ4v) is 9.93. The normalized spacial score (nSPS) is 12.3. The van der Waals surface area contributed by atoms with Gasteiger partial charge in [0.25, 0.3) is 0 Å². The summed E-state index contributed by atoms with van der Waals surface area (Å²) in [6.07, 6.45) is 0. The molecule has 0 unspecified atom stereocenters. The van der Waals surface area contributed by atoms with Crippen LogP contribution in [0.1, 0.15) is 0 Å². The van der Waals surface area contributed by atoms with Gasteiger partial charge in [-0.2, -0.15) is 0 Å². The Balaban J connectivity index is 1.57. The lowest BCUT2D eigenvalue weighted by atomic mass is 10.1. The summed E-state index contributed by atoms with van der Waals surface area (Å²) in [5.74, 6) is 0. The van der Waals surface area contributed by atoms with E-state index < -0.39 is 0 Å². The fraction of sp³-hybridized carbons (Fsp3) is 0. The highest BCUT2D eigenvalue weighted by atomic mass is 32.1. The van der Waals surface area contributed by atoms with Crippen LogP contribution >= 0.6 is 22.7 Å². The van der Waals surface area contributed by atoms with Crippen LogP contribution < -0.4 is 0 Å². The smallest absolute Gasteiger partial charge is 0.0725 e. The maximum atomic E-state index is 2.54. The van der Waals surface area contributed by atoms with E-state index in [9.17, 15) is 0 Å². The molecule has 0 saturated heterocycles. The first-order valence-corrected chi connectivity index (χ1v) is 17.5. The van der Waals surface area contributed by atoms with Crippen LogP contribution in [0.3, 0.4) is 0 Å². The van der Waals surface area contributed by atoms with Crippen molar-refractivity contribution in [2.45, 2.75) is 0 Å². The van der Waals surface area contributed by atoms with Crippen LogP contribution in [0.15, 0.2) is 152 Å². The molecule has 0 atom stereocenters. The summed E-state index contributed by atoms with van der Waals surface area (Å²) in [6.45, 7) is 0. The Morgan fingerprint density at radius 3 is 1.45 bits per heavy atom. The highest BCUT2D eigenvalue weighted by Gasteiger charge is 2.19. The molecule has 0 radical (unpaired) electrons. The lowest BCUT2D eigenvalue weighted by Crippen LogP contribution is -2.01. The molecule has 0 bridgehead atoms. The Bertz CT molecular complexity index is 3130. The van der Waals surface area contributed by atoms with Crippen molar-refractivity contribution in [3.63, 3.8) is 0 Å². The molecule has 47 heavy (non-hydrogen) atoms. The summed E-state index contributed by atoms with van der Waals surface area (Å²) in [5.41, 5.74) is 10.8. The number of para-hydroxylation sites is 6. The summed E-state index contributed by atoms with van der Waals surface area (Å²) in [6, 6.07) is 55.9. The van der Waals surface area contributed by atoms with Crippen molar-refractivity contribution in [2.75, 3.05) is 0 Å². The zero-order valence-corrected chi connectivity index (χ0v) is 26.7. The van der Waals surface area contributed by atoms with Gasteiger partial charge in [0, 0.05) is 27.2 Å². The molecular weight excluding hydrogens is 611 g/mol. The van der Waals surface area contributed by atoms with Gasteiger partial charge in [-0.05, 0) is 66.7 Å². The molecule has 0 amide bonds. The van der Waals surface area contributed by atoms with E-state index in [1.165, 1.54) is 84.5 Å². The SMILES string of the molecule is c1ccc(-n2c3ccccc3c3cc4c(cc32)n2c3ccccc3sc3cccc(c5cccc6sc7ccccc7n4c65)c32)cc1. The van der Waals surface area contributed by atoms with E-state index in [0.717, 1.165) is 5.69 Å². The Labute approximate surface area is 276 Å². The van der Waals surface area contributed by atoms with Crippen LogP contribution in [-0.2, 0) is 0 Å². The summed E-state index contributed by atoms with van der Waals surface area (Å²) in [5, 5.41) is 5.00. The average molecular weight is 636 g/mol. The lowest BCUT2D eigenvalue weighted by molar-refractivity contribution is 1.18. The molecule has 7 aromatic carbocycles. The maximum absolute atomic E-state index is 2.54. The van der Waals surface area contributed by atoms with Gasteiger partial charge < -0.3 is 13.4 Å². The van der Waals surface area contributed by atoms with Gasteiger partial charge >= 0.3 is 0 Å². The molecule has 0 aliphatic heterocycles. The predicted molar refractivity (Wildman–Crippen MR) is 204 cm³/mol. The molecule has 11 rings (SSSR count). The number of benzene rings is 7. The highest BCUT2D eigenvalue weighted by molar-refractivity contribution is 7.25. The summed E-state index contributed by atoms with van der Waals surface area (Å²) in [7, 11) is 0. The van der Waals surface area contributed by atoms with Gasteiger partial charge in [-0.3, -0.25) is 0 Å². The zero-order chi connectivity index (χ0) is 30.6. The van der Waals surface area contributed by atoms with Crippen LogP contribution in [0.25, 0.3) is 90.2 Å². The molecule has 0 spiro atoms. The van der Waals surface area contributed by atoms with Crippen molar-refractivity contribution in [3.8, 4) is 5.69 Å². The van der Waals surface area contributed by atoms with Gasteiger partial charge in [-0.15, -0.1) is 22.7 Å². The average Bonchev–Trinajstić information content (AvgIpc) is 3.45. The first kappa shape index (κ1) is 25.6. The van der Waals surface area contributed by atoms with Gasteiger partial charge in [0.15, 0.2) is 0 Å². The molecule has 11 aromatic rings. The molecule has 0 saturated carbocycles. The van der Waals surface area contributed by atoms with Crippen LogP contribution in [-0.4, -0.2) is 13.4 Å². The molecule has 0 fully saturated rings.